The van der Waals surface area contributed by atoms with Crippen LogP contribution in [-0.4, -0.2) is 4.98 Å². The molecule has 3 heteroatoms. The monoisotopic (exact) mass is 273 g/mol. The first-order valence-corrected chi connectivity index (χ1v) is 7.25. The van der Waals surface area contributed by atoms with E-state index in [4.69, 9.17) is 23.2 Å². The van der Waals surface area contributed by atoms with Gasteiger partial charge in [-0.3, -0.25) is 4.98 Å². The average Bonchev–Trinajstić information content (AvgIpc) is 2.31. The highest BCUT2D eigenvalue weighted by atomic mass is 35.5. The highest BCUT2D eigenvalue weighted by molar-refractivity contribution is 6.35. The van der Waals surface area contributed by atoms with Gasteiger partial charge >= 0.3 is 0 Å². The Balaban J connectivity index is 2.86. The fourth-order valence-electron chi connectivity index (χ4n) is 2.15. The molecule has 1 aromatic rings. The molecule has 0 bridgehead atoms. The molecular formula is C14H21Cl2N. The van der Waals surface area contributed by atoms with Crippen LogP contribution in [0.5, 0.6) is 0 Å². The summed E-state index contributed by atoms with van der Waals surface area (Å²) in [4.78, 5) is 4.02. The van der Waals surface area contributed by atoms with Crippen molar-refractivity contribution in [2.75, 3.05) is 0 Å². The Hall–Kier alpha value is -0.270. The smallest absolute Gasteiger partial charge is 0.0638 e. The highest BCUT2D eigenvalue weighted by Crippen LogP contribution is 2.36. The molecule has 0 fully saturated rings. The van der Waals surface area contributed by atoms with Gasteiger partial charge in [0.15, 0.2) is 0 Å². The lowest BCUT2D eigenvalue weighted by Gasteiger charge is -2.19. The standard InChI is InChI=1S/C14H21Cl2N/c1-3-5-7-11(8-6-4-2)14-12(15)9-17-10-13(14)16/h9-11H,3-8H2,1-2H3. The summed E-state index contributed by atoms with van der Waals surface area (Å²) in [5.74, 6) is 0.484. The van der Waals surface area contributed by atoms with Gasteiger partial charge in [0.1, 0.15) is 0 Å². The van der Waals surface area contributed by atoms with E-state index in [-0.39, 0.29) is 0 Å². The van der Waals surface area contributed by atoms with Gasteiger partial charge in [0.2, 0.25) is 0 Å². The number of rotatable bonds is 7. The van der Waals surface area contributed by atoms with Crippen LogP contribution < -0.4 is 0 Å². The summed E-state index contributed by atoms with van der Waals surface area (Å²) in [6.07, 6.45) is 10.6. The van der Waals surface area contributed by atoms with Crippen LogP contribution in [0.15, 0.2) is 12.4 Å². The minimum Gasteiger partial charge on any atom is -0.262 e. The van der Waals surface area contributed by atoms with Crippen molar-refractivity contribution in [1.82, 2.24) is 4.98 Å². The maximum atomic E-state index is 6.24. The second-order valence-electron chi connectivity index (χ2n) is 4.50. The predicted molar refractivity (Wildman–Crippen MR) is 76.0 cm³/mol. The minimum absolute atomic E-state index is 0.484. The molecule has 0 saturated carbocycles. The SMILES string of the molecule is CCCCC(CCCC)c1c(Cl)cncc1Cl. The normalized spacial score (nSPS) is 11.1. The van der Waals surface area contributed by atoms with Crippen LogP contribution in [0.4, 0.5) is 0 Å². The van der Waals surface area contributed by atoms with Crippen molar-refractivity contribution < 1.29 is 0 Å². The second kappa shape index (κ2) is 7.94. The Morgan fingerprint density at radius 2 is 1.47 bits per heavy atom. The summed E-state index contributed by atoms with van der Waals surface area (Å²) in [5, 5.41) is 1.43. The van der Waals surface area contributed by atoms with Crippen molar-refractivity contribution in [3.8, 4) is 0 Å². The fourth-order valence-corrected chi connectivity index (χ4v) is 2.82. The number of nitrogens with zero attached hydrogens (tertiary/aromatic N) is 1. The lowest BCUT2D eigenvalue weighted by Crippen LogP contribution is -2.02. The Labute approximate surface area is 115 Å². The number of hydrogen-bond donors (Lipinski definition) is 0. The van der Waals surface area contributed by atoms with Gasteiger partial charge in [0, 0.05) is 12.4 Å². The van der Waals surface area contributed by atoms with Crippen LogP contribution in [0.25, 0.3) is 0 Å². The summed E-state index contributed by atoms with van der Waals surface area (Å²) in [7, 11) is 0. The third-order valence-corrected chi connectivity index (χ3v) is 3.71. The van der Waals surface area contributed by atoms with Gasteiger partial charge in [-0.2, -0.15) is 0 Å². The number of pyridine rings is 1. The van der Waals surface area contributed by atoms with Gasteiger partial charge in [0.25, 0.3) is 0 Å². The zero-order chi connectivity index (χ0) is 12.7. The molecule has 0 aliphatic heterocycles. The van der Waals surface area contributed by atoms with E-state index in [1.165, 1.54) is 38.5 Å². The summed E-state index contributed by atoms with van der Waals surface area (Å²) in [6, 6.07) is 0. The predicted octanol–water partition coefficient (Wildman–Crippen LogP) is 5.85. The van der Waals surface area contributed by atoms with Crippen molar-refractivity contribution in [3.05, 3.63) is 28.0 Å². The summed E-state index contributed by atoms with van der Waals surface area (Å²) >= 11 is 12.5. The van der Waals surface area contributed by atoms with Gasteiger partial charge in [-0.15, -0.1) is 0 Å². The molecule has 0 spiro atoms. The zero-order valence-corrected chi connectivity index (χ0v) is 12.2. The number of halogens is 2. The van der Waals surface area contributed by atoms with Crippen molar-refractivity contribution in [3.63, 3.8) is 0 Å². The first-order chi connectivity index (χ1) is 8.20. The fraction of sp³-hybridized carbons (Fsp3) is 0.643. The molecule has 1 heterocycles. The van der Waals surface area contributed by atoms with Crippen LogP contribution in [0.1, 0.15) is 63.9 Å². The lowest BCUT2D eigenvalue weighted by atomic mass is 9.89. The summed E-state index contributed by atoms with van der Waals surface area (Å²) < 4.78 is 0. The molecule has 0 aliphatic carbocycles. The third-order valence-electron chi connectivity index (χ3n) is 3.11. The van der Waals surface area contributed by atoms with Crippen molar-refractivity contribution in [2.45, 2.75) is 58.3 Å². The van der Waals surface area contributed by atoms with E-state index in [9.17, 15) is 0 Å². The summed E-state index contributed by atoms with van der Waals surface area (Å²) in [5.41, 5.74) is 1.10. The largest absolute Gasteiger partial charge is 0.262 e. The molecule has 0 atom stereocenters. The molecule has 0 amide bonds. The van der Waals surface area contributed by atoms with E-state index in [0.29, 0.717) is 5.92 Å². The molecular weight excluding hydrogens is 253 g/mol. The van der Waals surface area contributed by atoms with Gasteiger partial charge in [-0.25, -0.2) is 0 Å². The molecule has 1 aromatic heterocycles. The van der Waals surface area contributed by atoms with E-state index in [1.54, 1.807) is 12.4 Å². The molecule has 1 nitrogen and oxygen atoms in total. The van der Waals surface area contributed by atoms with E-state index < -0.39 is 0 Å². The van der Waals surface area contributed by atoms with Crippen molar-refractivity contribution in [2.24, 2.45) is 0 Å². The second-order valence-corrected chi connectivity index (χ2v) is 5.31. The Kier molecular flexibility index (Phi) is 6.91. The molecule has 96 valence electrons. The van der Waals surface area contributed by atoms with E-state index in [0.717, 1.165) is 15.6 Å². The van der Waals surface area contributed by atoms with Crippen LogP contribution in [0, 0.1) is 0 Å². The minimum atomic E-state index is 0.484. The zero-order valence-electron chi connectivity index (χ0n) is 10.7. The first-order valence-electron chi connectivity index (χ1n) is 6.49. The molecule has 1 rings (SSSR count). The Morgan fingerprint density at radius 3 is 1.88 bits per heavy atom. The maximum Gasteiger partial charge on any atom is 0.0638 e. The Bertz CT molecular complexity index is 311. The highest BCUT2D eigenvalue weighted by Gasteiger charge is 2.17. The topological polar surface area (TPSA) is 12.9 Å². The molecule has 0 N–H and O–H groups in total. The average molecular weight is 274 g/mol. The lowest BCUT2D eigenvalue weighted by molar-refractivity contribution is 0.525. The molecule has 0 unspecified atom stereocenters. The van der Waals surface area contributed by atoms with Gasteiger partial charge in [-0.1, -0.05) is 62.7 Å². The quantitative estimate of drug-likeness (QED) is 0.607. The molecule has 0 aliphatic rings. The van der Waals surface area contributed by atoms with E-state index in [2.05, 4.69) is 18.8 Å². The summed E-state index contributed by atoms with van der Waals surface area (Å²) in [6.45, 7) is 4.43. The molecule has 0 saturated heterocycles. The van der Waals surface area contributed by atoms with Crippen LogP contribution in [0.2, 0.25) is 10.0 Å². The van der Waals surface area contributed by atoms with Crippen LogP contribution in [0.3, 0.4) is 0 Å². The third kappa shape index (κ3) is 4.48. The number of unbranched alkanes of at least 4 members (excludes halogenated alkanes) is 2. The first kappa shape index (κ1) is 14.8. The molecule has 0 aromatic carbocycles. The molecule has 0 radical (unpaired) electrons. The van der Waals surface area contributed by atoms with Gasteiger partial charge in [-0.05, 0) is 24.3 Å². The van der Waals surface area contributed by atoms with Crippen molar-refractivity contribution in [1.29, 1.82) is 0 Å². The molecule has 17 heavy (non-hydrogen) atoms. The number of hydrogen-bond acceptors (Lipinski definition) is 1. The van der Waals surface area contributed by atoms with Crippen LogP contribution >= 0.6 is 23.2 Å². The van der Waals surface area contributed by atoms with Gasteiger partial charge < -0.3 is 0 Å². The van der Waals surface area contributed by atoms with E-state index >= 15 is 0 Å². The van der Waals surface area contributed by atoms with Crippen molar-refractivity contribution >= 4 is 23.2 Å². The number of aromatic nitrogens is 1. The maximum absolute atomic E-state index is 6.24. The van der Waals surface area contributed by atoms with Gasteiger partial charge in [0.05, 0.1) is 10.0 Å². The van der Waals surface area contributed by atoms with E-state index in [1.807, 2.05) is 0 Å². The Morgan fingerprint density at radius 1 is 1.00 bits per heavy atom. The van der Waals surface area contributed by atoms with Crippen LogP contribution in [-0.2, 0) is 0 Å².